The van der Waals surface area contributed by atoms with Crippen LogP contribution in [-0.4, -0.2) is 0 Å². The Bertz CT molecular complexity index is 146. The van der Waals surface area contributed by atoms with Crippen molar-refractivity contribution in [3.05, 3.63) is 18.1 Å². The van der Waals surface area contributed by atoms with Crippen molar-refractivity contribution in [2.75, 3.05) is 0 Å². The van der Waals surface area contributed by atoms with Crippen molar-refractivity contribution in [3.8, 4) is 5.92 Å². The highest BCUT2D eigenvalue weighted by atomic mass is 14.1. The number of hydrogen-bond acceptors (Lipinski definition) is 0. The van der Waals surface area contributed by atoms with Gasteiger partial charge in [0.15, 0.2) is 0 Å². The van der Waals surface area contributed by atoms with Crippen molar-refractivity contribution >= 4 is 0 Å². The van der Waals surface area contributed by atoms with Crippen LogP contribution in [0.2, 0.25) is 0 Å². The summed E-state index contributed by atoms with van der Waals surface area (Å²) in [6.45, 7) is 0. The van der Waals surface area contributed by atoms with Crippen LogP contribution in [0, 0.1) is 12.3 Å². The monoisotopic (exact) mass is 119 g/mol. The third kappa shape index (κ3) is 1.93. The molecule has 0 aromatic heterocycles. The summed E-state index contributed by atoms with van der Waals surface area (Å²) < 4.78 is 0. The summed E-state index contributed by atoms with van der Waals surface area (Å²) >= 11 is 0. The van der Waals surface area contributed by atoms with Gasteiger partial charge in [-0.3, -0.25) is 0 Å². The maximum atomic E-state index is 6.75. The first kappa shape index (κ1) is 6.42. The van der Waals surface area contributed by atoms with Crippen LogP contribution in [0.1, 0.15) is 32.1 Å². The first-order chi connectivity index (χ1) is 4.43. The van der Waals surface area contributed by atoms with Crippen molar-refractivity contribution in [3.63, 3.8) is 0 Å². The largest absolute Gasteiger partial charge is 0.0847 e. The molecule has 1 rings (SSSR count). The predicted octanol–water partition coefficient (Wildman–Crippen LogP) is 2.47. The van der Waals surface area contributed by atoms with E-state index in [1.54, 1.807) is 0 Å². The molecule has 0 atom stereocenters. The van der Waals surface area contributed by atoms with Gasteiger partial charge in [0.2, 0.25) is 0 Å². The fourth-order valence-corrected chi connectivity index (χ4v) is 1.18. The Morgan fingerprint density at radius 3 is 3.00 bits per heavy atom. The second-order valence-electron chi connectivity index (χ2n) is 2.46. The summed E-state index contributed by atoms with van der Waals surface area (Å²) in [6.07, 6.45) is 14.8. The molecule has 0 bridgehead atoms. The Hall–Kier alpha value is -0.700. The summed E-state index contributed by atoms with van der Waals surface area (Å²) in [5.41, 5.74) is 1.41. The zero-order valence-corrected chi connectivity index (χ0v) is 5.61. The highest BCUT2D eigenvalue weighted by molar-refractivity contribution is 5.10. The summed E-state index contributed by atoms with van der Waals surface area (Å²) in [4.78, 5) is 0. The smallest absolute Gasteiger partial charge is 0.0309 e. The molecule has 0 N–H and O–H groups in total. The molecule has 1 aliphatic carbocycles. The molecule has 9 heavy (non-hydrogen) atoms. The molecule has 0 spiro atoms. The molecule has 0 aliphatic heterocycles. The first-order valence-electron chi connectivity index (χ1n) is 3.51. The van der Waals surface area contributed by atoms with Gasteiger partial charge in [0.05, 0.1) is 0 Å². The van der Waals surface area contributed by atoms with Crippen LogP contribution < -0.4 is 0 Å². The molecular formula is C9H11. The lowest BCUT2D eigenvalue weighted by Crippen LogP contribution is -1.89. The van der Waals surface area contributed by atoms with Crippen molar-refractivity contribution in [1.82, 2.24) is 0 Å². The third-order valence-corrected chi connectivity index (χ3v) is 1.70. The lowest BCUT2D eigenvalue weighted by Gasteiger charge is -2.08. The van der Waals surface area contributed by atoms with E-state index in [1.165, 1.54) is 31.3 Å². The molecule has 0 heteroatoms. The van der Waals surface area contributed by atoms with Crippen LogP contribution in [0.15, 0.2) is 11.6 Å². The van der Waals surface area contributed by atoms with Gasteiger partial charge in [-0.25, -0.2) is 0 Å². The molecule has 1 aliphatic rings. The van der Waals surface area contributed by atoms with E-state index in [4.69, 9.17) is 6.42 Å². The molecule has 47 valence electrons. The minimum absolute atomic E-state index is 0.764. The molecular weight excluding hydrogens is 108 g/mol. The van der Waals surface area contributed by atoms with Crippen molar-refractivity contribution in [2.45, 2.75) is 32.1 Å². The molecule has 0 saturated carbocycles. The predicted molar refractivity (Wildman–Crippen MR) is 38.3 cm³/mol. The lowest BCUT2D eigenvalue weighted by molar-refractivity contribution is 0.693. The fourth-order valence-electron chi connectivity index (χ4n) is 1.18. The Kier molecular flexibility index (Phi) is 2.39. The fraction of sp³-hybridized carbons (Fsp3) is 0.556. The Morgan fingerprint density at radius 1 is 1.56 bits per heavy atom. The molecule has 0 unspecified atom stereocenters. The molecule has 0 fully saturated rings. The van der Waals surface area contributed by atoms with Crippen molar-refractivity contribution in [1.29, 1.82) is 0 Å². The minimum atomic E-state index is 0.764. The van der Waals surface area contributed by atoms with Crippen molar-refractivity contribution in [2.24, 2.45) is 0 Å². The average molecular weight is 119 g/mol. The minimum Gasteiger partial charge on any atom is -0.0847 e. The van der Waals surface area contributed by atoms with E-state index in [0.717, 1.165) is 6.42 Å². The van der Waals surface area contributed by atoms with Gasteiger partial charge in [-0.1, -0.05) is 17.6 Å². The summed E-state index contributed by atoms with van der Waals surface area (Å²) in [5.74, 6) is 2.42. The van der Waals surface area contributed by atoms with Crippen molar-refractivity contribution < 1.29 is 0 Å². The second-order valence-corrected chi connectivity index (χ2v) is 2.46. The van der Waals surface area contributed by atoms with E-state index >= 15 is 0 Å². The van der Waals surface area contributed by atoms with E-state index in [2.05, 4.69) is 12.0 Å². The molecule has 0 aromatic carbocycles. The number of hydrogen-bond donors (Lipinski definition) is 0. The molecule has 0 aromatic rings. The maximum absolute atomic E-state index is 6.75. The van der Waals surface area contributed by atoms with Gasteiger partial charge in [-0.05, 0) is 32.1 Å². The second kappa shape index (κ2) is 3.35. The lowest BCUT2D eigenvalue weighted by atomic mass is 9.98. The SMILES string of the molecule is [C]#CCC1=CCCCC1. The zero-order valence-electron chi connectivity index (χ0n) is 5.61. The summed E-state index contributed by atoms with van der Waals surface area (Å²) in [6, 6.07) is 0. The first-order valence-corrected chi connectivity index (χ1v) is 3.51. The standard InChI is InChI=1S/C9H11/c1-2-6-9-7-4-3-5-8-9/h7H,3-6,8H2. The van der Waals surface area contributed by atoms with E-state index in [-0.39, 0.29) is 0 Å². The summed E-state index contributed by atoms with van der Waals surface area (Å²) in [5, 5.41) is 0. The van der Waals surface area contributed by atoms with Gasteiger partial charge in [0, 0.05) is 6.42 Å². The topological polar surface area (TPSA) is 0 Å². The Balaban J connectivity index is 2.39. The van der Waals surface area contributed by atoms with Crippen LogP contribution >= 0.6 is 0 Å². The third-order valence-electron chi connectivity index (χ3n) is 1.70. The Labute approximate surface area is 57.0 Å². The number of rotatable bonds is 1. The van der Waals surface area contributed by atoms with Gasteiger partial charge < -0.3 is 0 Å². The normalized spacial score (nSPS) is 18.3. The van der Waals surface area contributed by atoms with Crippen LogP contribution in [0.4, 0.5) is 0 Å². The number of allylic oxidation sites excluding steroid dienone is 2. The van der Waals surface area contributed by atoms with E-state index in [1.807, 2.05) is 0 Å². The molecule has 0 nitrogen and oxygen atoms in total. The van der Waals surface area contributed by atoms with Gasteiger partial charge in [0.25, 0.3) is 0 Å². The Morgan fingerprint density at radius 2 is 2.44 bits per heavy atom. The molecule has 1 radical (unpaired) electrons. The van der Waals surface area contributed by atoms with Gasteiger partial charge in [0.1, 0.15) is 0 Å². The van der Waals surface area contributed by atoms with Crippen LogP contribution in [0.3, 0.4) is 0 Å². The van der Waals surface area contributed by atoms with Gasteiger partial charge in [-0.2, -0.15) is 0 Å². The van der Waals surface area contributed by atoms with Gasteiger partial charge >= 0.3 is 0 Å². The highest BCUT2D eigenvalue weighted by Gasteiger charge is 2.00. The zero-order chi connectivity index (χ0) is 6.53. The van der Waals surface area contributed by atoms with Crippen LogP contribution in [0.25, 0.3) is 0 Å². The quantitative estimate of drug-likeness (QED) is 0.367. The van der Waals surface area contributed by atoms with E-state index in [9.17, 15) is 0 Å². The molecule has 0 saturated heterocycles. The molecule has 0 heterocycles. The van der Waals surface area contributed by atoms with E-state index < -0.39 is 0 Å². The summed E-state index contributed by atoms with van der Waals surface area (Å²) in [7, 11) is 0. The van der Waals surface area contributed by atoms with Gasteiger partial charge in [-0.15, -0.1) is 0 Å². The van der Waals surface area contributed by atoms with Crippen LogP contribution in [0.5, 0.6) is 0 Å². The van der Waals surface area contributed by atoms with E-state index in [0.29, 0.717) is 0 Å². The van der Waals surface area contributed by atoms with Crippen LogP contribution in [-0.2, 0) is 0 Å². The highest BCUT2D eigenvalue weighted by Crippen LogP contribution is 2.18. The molecule has 0 amide bonds. The average Bonchev–Trinajstić information content (AvgIpc) is 1.91. The maximum Gasteiger partial charge on any atom is 0.0309 e.